The first-order chi connectivity index (χ1) is 15.2. The highest BCUT2D eigenvalue weighted by Crippen LogP contribution is 2.28. The number of piperidine rings is 1. The molecule has 31 heavy (non-hydrogen) atoms. The number of rotatable bonds is 4. The Bertz CT molecular complexity index is 919. The molecule has 2 aliphatic rings. The summed E-state index contributed by atoms with van der Waals surface area (Å²) >= 11 is 0. The molecule has 0 bridgehead atoms. The summed E-state index contributed by atoms with van der Waals surface area (Å²) < 4.78 is 5.22. The van der Waals surface area contributed by atoms with E-state index in [-0.39, 0.29) is 11.9 Å². The molecule has 2 aromatic carbocycles. The number of nitrogens with one attached hydrogen (secondary N) is 1. The number of ether oxygens (including phenoxy) is 1. The Morgan fingerprint density at radius 1 is 0.839 bits per heavy atom. The fourth-order valence-corrected chi connectivity index (χ4v) is 4.24. The fraction of sp³-hybridized carbons (Fsp3) is 0.417. The van der Waals surface area contributed by atoms with Crippen molar-refractivity contribution in [2.75, 3.05) is 56.6 Å². The topological polar surface area (TPSA) is 65.1 Å². The Hall–Kier alpha value is -3.22. The highest BCUT2D eigenvalue weighted by Gasteiger charge is 2.26. The maximum atomic E-state index is 12.9. The smallest absolute Gasteiger partial charge is 0.322 e. The Balaban J connectivity index is 1.35. The third-order valence-electron chi connectivity index (χ3n) is 6.01. The van der Waals surface area contributed by atoms with Crippen molar-refractivity contribution in [3.8, 4) is 5.75 Å². The van der Waals surface area contributed by atoms with Crippen molar-refractivity contribution < 1.29 is 14.3 Å². The number of para-hydroxylation sites is 2. The van der Waals surface area contributed by atoms with Gasteiger partial charge in [-0.25, -0.2) is 4.79 Å². The van der Waals surface area contributed by atoms with Gasteiger partial charge in [0.1, 0.15) is 5.75 Å². The van der Waals surface area contributed by atoms with Crippen molar-refractivity contribution in [1.29, 1.82) is 0 Å². The van der Waals surface area contributed by atoms with Crippen LogP contribution in [0.2, 0.25) is 0 Å². The Morgan fingerprint density at radius 2 is 1.55 bits per heavy atom. The van der Waals surface area contributed by atoms with E-state index in [0.717, 1.165) is 24.5 Å². The molecule has 2 fully saturated rings. The summed E-state index contributed by atoms with van der Waals surface area (Å²) in [6.45, 7) is 4.09. The zero-order valence-corrected chi connectivity index (χ0v) is 18.0. The van der Waals surface area contributed by atoms with E-state index in [4.69, 9.17) is 4.74 Å². The van der Waals surface area contributed by atoms with Gasteiger partial charge in [-0.15, -0.1) is 0 Å². The summed E-state index contributed by atoms with van der Waals surface area (Å²) in [6, 6.07) is 15.1. The normalized spacial score (nSPS) is 16.7. The zero-order valence-electron chi connectivity index (χ0n) is 18.0. The van der Waals surface area contributed by atoms with Crippen molar-refractivity contribution in [2.45, 2.75) is 19.3 Å². The lowest BCUT2D eigenvalue weighted by Gasteiger charge is -2.35. The molecule has 1 N–H and O–H groups in total. The standard InChI is InChI=1S/C24H30N4O3/c1-31-20-9-7-8-19(18-20)23(29)27-14-16-28(17-15-27)24(30)25-21-10-3-4-11-22(21)26-12-5-2-6-13-26/h3-4,7-11,18H,2,5-6,12-17H2,1H3,(H,25,30). The zero-order chi connectivity index (χ0) is 21.6. The molecule has 0 aromatic heterocycles. The minimum absolute atomic E-state index is 0.0330. The maximum Gasteiger partial charge on any atom is 0.322 e. The van der Waals surface area contributed by atoms with Crippen LogP contribution < -0.4 is 15.0 Å². The molecule has 0 aliphatic carbocycles. The Labute approximate surface area is 183 Å². The molecule has 7 heteroatoms. The van der Waals surface area contributed by atoms with Crippen molar-refractivity contribution >= 4 is 23.3 Å². The van der Waals surface area contributed by atoms with Gasteiger partial charge in [-0.05, 0) is 49.6 Å². The van der Waals surface area contributed by atoms with Crippen LogP contribution in [-0.4, -0.2) is 68.1 Å². The highest BCUT2D eigenvalue weighted by molar-refractivity contribution is 5.95. The van der Waals surface area contributed by atoms with Crippen LogP contribution in [0, 0.1) is 0 Å². The van der Waals surface area contributed by atoms with Crippen molar-refractivity contribution in [3.05, 3.63) is 54.1 Å². The van der Waals surface area contributed by atoms with E-state index in [1.54, 1.807) is 29.0 Å². The molecular weight excluding hydrogens is 392 g/mol. The second kappa shape index (κ2) is 9.73. The van der Waals surface area contributed by atoms with Crippen LogP contribution in [0.3, 0.4) is 0 Å². The number of benzene rings is 2. The van der Waals surface area contributed by atoms with E-state index in [9.17, 15) is 9.59 Å². The van der Waals surface area contributed by atoms with Crippen LogP contribution in [0.25, 0.3) is 0 Å². The predicted molar refractivity (Wildman–Crippen MR) is 122 cm³/mol. The third kappa shape index (κ3) is 4.93. The second-order valence-electron chi connectivity index (χ2n) is 8.01. The second-order valence-corrected chi connectivity index (χ2v) is 8.01. The van der Waals surface area contributed by atoms with E-state index in [0.29, 0.717) is 37.5 Å². The van der Waals surface area contributed by atoms with Crippen LogP contribution >= 0.6 is 0 Å². The number of amides is 3. The van der Waals surface area contributed by atoms with E-state index in [1.165, 1.54) is 19.3 Å². The van der Waals surface area contributed by atoms with Gasteiger partial charge in [0.15, 0.2) is 0 Å². The van der Waals surface area contributed by atoms with Gasteiger partial charge in [0.05, 0.1) is 18.5 Å². The Kier molecular flexibility index (Phi) is 6.60. The molecule has 7 nitrogen and oxygen atoms in total. The van der Waals surface area contributed by atoms with Gasteiger partial charge in [-0.2, -0.15) is 0 Å². The lowest BCUT2D eigenvalue weighted by Crippen LogP contribution is -2.51. The summed E-state index contributed by atoms with van der Waals surface area (Å²) in [4.78, 5) is 31.6. The van der Waals surface area contributed by atoms with Gasteiger partial charge in [0, 0.05) is 44.8 Å². The summed E-state index contributed by atoms with van der Waals surface area (Å²) in [5.41, 5.74) is 2.54. The third-order valence-corrected chi connectivity index (χ3v) is 6.01. The van der Waals surface area contributed by atoms with Crippen LogP contribution in [0.1, 0.15) is 29.6 Å². The number of hydrogen-bond acceptors (Lipinski definition) is 4. The maximum absolute atomic E-state index is 12.9. The molecule has 3 amide bonds. The predicted octanol–water partition coefficient (Wildman–Crippen LogP) is 3.68. The molecule has 2 heterocycles. The minimum atomic E-state index is -0.113. The first-order valence-corrected chi connectivity index (χ1v) is 11.0. The quantitative estimate of drug-likeness (QED) is 0.817. The first kappa shape index (κ1) is 21.0. The summed E-state index contributed by atoms with van der Waals surface area (Å²) in [7, 11) is 1.59. The number of nitrogens with zero attached hydrogens (tertiary/aromatic N) is 3. The van der Waals surface area contributed by atoms with Gasteiger partial charge in [0.25, 0.3) is 5.91 Å². The highest BCUT2D eigenvalue weighted by atomic mass is 16.5. The number of anilines is 2. The average molecular weight is 423 g/mol. The van der Waals surface area contributed by atoms with Gasteiger partial charge in [-0.3, -0.25) is 4.79 Å². The molecule has 0 unspecified atom stereocenters. The summed E-state index contributed by atoms with van der Waals surface area (Å²) in [5, 5.41) is 3.09. The van der Waals surface area contributed by atoms with E-state index in [1.807, 2.05) is 30.3 Å². The summed E-state index contributed by atoms with van der Waals surface area (Å²) in [6.07, 6.45) is 3.64. The molecule has 0 radical (unpaired) electrons. The molecule has 164 valence electrons. The number of urea groups is 1. The fourth-order valence-electron chi connectivity index (χ4n) is 4.24. The molecule has 2 saturated heterocycles. The van der Waals surface area contributed by atoms with E-state index >= 15 is 0 Å². The first-order valence-electron chi connectivity index (χ1n) is 11.0. The lowest BCUT2D eigenvalue weighted by molar-refractivity contribution is 0.0671. The largest absolute Gasteiger partial charge is 0.497 e. The van der Waals surface area contributed by atoms with Crippen LogP contribution in [0.5, 0.6) is 5.75 Å². The van der Waals surface area contributed by atoms with Crippen molar-refractivity contribution in [3.63, 3.8) is 0 Å². The number of piperazine rings is 1. The molecule has 0 spiro atoms. The number of carbonyl (C=O) groups excluding carboxylic acids is 2. The lowest BCUT2D eigenvalue weighted by atomic mass is 10.1. The molecular formula is C24H30N4O3. The van der Waals surface area contributed by atoms with Crippen LogP contribution in [0.15, 0.2) is 48.5 Å². The van der Waals surface area contributed by atoms with E-state index in [2.05, 4.69) is 16.3 Å². The SMILES string of the molecule is COc1cccc(C(=O)N2CCN(C(=O)Nc3ccccc3N3CCCCC3)CC2)c1. The van der Waals surface area contributed by atoms with Crippen molar-refractivity contribution in [2.24, 2.45) is 0 Å². The monoisotopic (exact) mass is 422 g/mol. The minimum Gasteiger partial charge on any atom is -0.497 e. The Morgan fingerprint density at radius 3 is 2.29 bits per heavy atom. The van der Waals surface area contributed by atoms with Gasteiger partial charge in [0.2, 0.25) is 0 Å². The van der Waals surface area contributed by atoms with Gasteiger partial charge >= 0.3 is 6.03 Å². The molecule has 2 aliphatic heterocycles. The van der Waals surface area contributed by atoms with Gasteiger partial charge < -0.3 is 24.8 Å². The van der Waals surface area contributed by atoms with Crippen molar-refractivity contribution in [1.82, 2.24) is 9.80 Å². The average Bonchev–Trinajstić information content (AvgIpc) is 2.84. The molecule has 0 atom stereocenters. The number of carbonyl (C=O) groups is 2. The molecule has 4 rings (SSSR count). The summed E-state index contributed by atoms with van der Waals surface area (Å²) in [5.74, 6) is 0.630. The molecule has 2 aromatic rings. The number of hydrogen-bond donors (Lipinski definition) is 1. The van der Waals surface area contributed by atoms with Crippen LogP contribution in [0.4, 0.5) is 16.2 Å². The molecule has 0 saturated carbocycles. The number of methoxy groups -OCH3 is 1. The van der Waals surface area contributed by atoms with Crippen LogP contribution in [-0.2, 0) is 0 Å². The van der Waals surface area contributed by atoms with Gasteiger partial charge in [-0.1, -0.05) is 18.2 Å². The van der Waals surface area contributed by atoms with E-state index < -0.39 is 0 Å².